The Bertz CT molecular complexity index is 1070. The van der Waals surface area contributed by atoms with Gasteiger partial charge in [0.15, 0.2) is 0 Å². The monoisotopic (exact) mass is 417 g/mol. The molecule has 1 aliphatic rings. The summed E-state index contributed by atoms with van der Waals surface area (Å²) in [6.45, 7) is 6.13. The third-order valence-electron chi connectivity index (χ3n) is 5.53. The third-order valence-corrected chi connectivity index (χ3v) is 5.53. The molecule has 31 heavy (non-hydrogen) atoms. The first-order chi connectivity index (χ1) is 15.1. The molecule has 1 N–H and O–H groups in total. The predicted octanol–water partition coefficient (Wildman–Crippen LogP) is 2.35. The summed E-state index contributed by atoms with van der Waals surface area (Å²) in [5.74, 6) is -0.335. The van der Waals surface area contributed by atoms with Gasteiger partial charge in [-0.15, -0.1) is 0 Å². The van der Waals surface area contributed by atoms with Crippen molar-refractivity contribution in [3.8, 4) is 0 Å². The van der Waals surface area contributed by atoms with Crippen LogP contribution >= 0.6 is 0 Å². The molecule has 0 radical (unpaired) electrons. The van der Waals surface area contributed by atoms with Crippen molar-refractivity contribution in [1.29, 1.82) is 0 Å². The molecular formula is C24H27N5O2. The van der Waals surface area contributed by atoms with Crippen LogP contribution in [-0.4, -0.2) is 51.7 Å². The zero-order valence-corrected chi connectivity index (χ0v) is 17.7. The van der Waals surface area contributed by atoms with Crippen molar-refractivity contribution in [2.75, 3.05) is 31.5 Å². The highest BCUT2D eigenvalue weighted by Gasteiger charge is 2.17. The summed E-state index contributed by atoms with van der Waals surface area (Å²) in [5.41, 5.74) is 3.25. The number of hydrogen-bond acceptors (Lipinski definition) is 5. The van der Waals surface area contributed by atoms with Crippen LogP contribution in [0.2, 0.25) is 0 Å². The van der Waals surface area contributed by atoms with E-state index in [2.05, 4.69) is 50.5 Å². The van der Waals surface area contributed by atoms with Crippen LogP contribution in [0.5, 0.6) is 0 Å². The van der Waals surface area contributed by atoms with Crippen molar-refractivity contribution >= 4 is 11.6 Å². The Morgan fingerprint density at radius 1 is 0.839 bits per heavy atom. The molecule has 7 nitrogen and oxygen atoms in total. The number of aryl methyl sites for hydroxylation is 1. The Morgan fingerprint density at radius 2 is 1.42 bits per heavy atom. The molecule has 160 valence electrons. The number of carbonyl (C=O) groups is 1. The predicted molar refractivity (Wildman–Crippen MR) is 121 cm³/mol. The van der Waals surface area contributed by atoms with Crippen molar-refractivity contribution in [2.24, 2.45) is 7.05 Å². The number of benzene rings is 2. The summed E-state index contributed by atoms with van der Waals surface area (Å²) in [5, 5.41) is 6.81. The number of aromatic nitrogens is 2. The van der Waals surface area contributed by atoms with Gasteiger partial charge in [-0.2, -0.15) is 5.10 Å². The Labute approximate surface area is 181 Å². The summed E-state index contributed by atoms with van der Waals surface area (Å²) in [6, 6.07) is 21.3. The first-order valence-corrected chi connectivity index (χ1v) is 10.5. The molecule has 1 fully saturated rings. The average Bonchev–Trinajstić information content (AvgIpc) is 2.79. The van der Waals surface area contributed by atoms with Gasteiger partial charge in [0.1, 0.15) is 5.69 Å². The molecule has 0 unspecified atom stereocenters. The highest BCUT2D eigenvalue weighted by Crippen LogP contribution is 2.15. The lowest BCUT2D eigenvalue weighted by Crippen LogP contribution is -2.45. The Balaban J connectivity index is 1.26. The molecule has 3 aromatic rings. The lowest BCUT2D eigenvalue weighted by atomic mass is 10.1. The Morgan fingerprint density at radius 3 is 2.00 bits per heavy atom. The van der Waals surface area contributed by atoms with Gasteiger partial charge in [0.05, 0.1) is 0 Å². The van der Waals surface area contributed by atoms with Gasteiger partial charge in [-0.25, -0.2) is 4.68 Å². The number of anilines is 1. The molecule has 0 spiro atoms. The summed E-state index contributed by atoms with van der Waals surface area (Å²) in [7, 11) is 1.52. The standard InChI is InChI=1S/C24H27N5O2/c1-27-23(30)12-11-22(26-27)24(31)25-21-9-7-20(8-10-21)18-29-15-13-28(14-16-29)17-19-5-3-2-4-6-19/h2-12H,13-18H2,1H3,(H,25,31). The highest BCUT2D eigenvalue weighted by atomic mass is 16.2. The second-order valence-electron chi connectivity index (χ2n) is 7.87. The summed E-state index contributed by atoms with van der Waals surface area (Å²) >= 11 is 0. The lowest BCUT2D eigenvalue weighted by molar-refractivity contribution is 0.102. The minimum atomic E-state index is -0.335. The van der Waals surface area contributed by atoms with Gasteiger partial charge in [0.25, 0.3) is 11.5 Å². The maximum Gasteiger partial charge on any atom is 0.276 e. The Kier molecular flexibility index (Phi) is 6.54. The summed E-state index contributed by atoms with van der Waals surface area (Å²) in [4.78, 5) is 28.7. The van der Waals surface area contributed by atoms with Gasteiger partial charge < -0.3 is 5.32 Å². The average molecular weight is 418 g/mol. The molecule has 1 saturated heterocycles. The minimum Gasteiger partial charge on any atom is -0.321 e. The van der Waals surface area contributed by atoms with Crippen LogP contribution in [0.25, 0.3) is 0 Å². The maximum atomic E-state index is 12.3. The molecular weight excluding hydrogens is 390 g/mol. The van der Waals surface area contributed by atoms with Gasteiger partial charge >= 0.3 is 0 Å². The lowest BCUT2D eigenvalue weighted by Gasteiger charge is -2.34. The topological polar surface area (TPSA) is 70.5 Å². The van der Waals surface area contributed by atoms with Gasteiger partial charge in [-0.05, 0) is 29.3 Å². The zero-order valence-electron chi connectivity index (χ0n) is 17.7. The molecule has 0 bridgehead atoms. The van der Waals surface area contributed by atoms with Crippen LogP contribution in [0.3, 0.4) is 0 Å². The third kappa shape index (κ3) is 5.65. The number of amides is 1. The van der Waals surface area contributed by atoms with E-state index < -0.39 is 0 Å². The SMILES string of the molecule is Cn1nc(C(=O)Nc2ccc(CN3CCN(Cc4ccccc4)CC3)cc2)ccc1=O. The van der Waals surface area contributed by atoms with E-state index in [0.717, 1.165) is 44.0 Å². The fraction of sp³-hybridized carbons (Fsp3) is 0.292. The van der Waals surface area contributed by atoms with Crippen molar-refractivity contribution < 1.29 is 4.79 Å². The number of nitrogens with one attached hydrogen (secondary N) is 1. The molecule has 7 heteroatoms. The van der Waals surface area contributed by atoms with Crippen LogP contribution in [0.1, 0.15) is 21.6 Å². The second kappa shape index (κ2) is 9.68. The van der Waals surface area contributed by atoms with E-state index in [1.54, 1.807) is 0 Å². The molecule has 2 aromatic carbocycles. The van der Waals surface area contributed by atoms with Crippen LogP contribution < -0.4 is 10.9 Å². The van der Waals surface area contributed by atoms with Crippen molar-refractivity contribution in [3.05, 3.63) is 93.9 Å². The van der Waals surface area contributed by atoms with Crippen molar-refractivity contribution in [2.45, 2.75) is 13.1 Å². The molecule has 2 heterocycles. The smallest absolute Gasteiger partial charge is 0.276 e. The number of piperazine rings is 1. The molecule has 0 atom stereocenters. The fourth-order valence-electron chi connectivity index (χ4n) is 3.72. The van der Waals surface area contributed by atoms with Crippen molar-refractivity contribution in [1.82, 2.24) is 19.6 Å². The number of carbonyl (C=O) groups excluding carboxylic acids is 1. The normalized spacial score (nSPS) is 15.0. The van der Waals surface area contributed by atoms with E-state index >= 15 is 0 Å². The quantitative estimate of drug-likeness (QED) is 0.667. The fourth-order valence-corrected chi connectivity index (χ4v) is 3.72. The van der Waals surface area contributed by atoms with Gasteiger partial charge in [0, 0.05) is 58.1 Å². The number of hydrogen-bond donors (Lipinski definition) is 1. The molecule has 1 aromatic heterocycles. The van der Waals surface area contributed by atoms with E-state index in [0.29, 0.717) is 5.69 Å². The molecule has 1 aliphatic heterocycles. The largest absolute Gasteiger partial charge is 0.321 e. The molecule has 0 saturated carbocycles. The summed E-state index contributed by atoms with van der Waals surface area (Å²) in [6.07, 6.45) is 0. The van der Waals surface area contributed by atoms with E-state index in [9.17, 15) is 9.59 Å². The van der Waals surface area contributed by atoms with E-state index in [1.165, 1.54) is 30.3 Å². The first kappa shape index (κ1) is 21.0. The van der Waals surface area contributed by atoms with Crippen LogP contribution in [0.4, 0.5) is 5.69 Å². The highest BCUT2D eigenvalue weighted by molar-refractivity contribution is 6.02. The summed E-state index contributed by atoms with van der Waals surface area (Å²) < 4.78 is 1.15. The van der Waals surface area contributed by atoms with Crippen LogP contribution in [-0.2, 0) is 20.1 Å². The Hall–Kier alpha value is -3.29. The van der Waals surface area contributed by atoms with E-state index in [4.69, 9.17) is 0 Å². The number of rotatable bonds is 6. The van der Waals surface area contributed by atoms with E-state index in [-0.39, 0.29) is 17.2 Å². The zero-order chi connectivity index (χ0) is 21.6. The first-order valence-electron chi connectivity index (χ1n) is 10.5. The van der Waals surface area contributed by atoms with Crippen molar-refractivity contribution in [3.63, 3.8) is 0 Å². The van der Waals surface area contributed by atoms with E-state index in [1.807, 2.05) is 24.3 Å². The van der Waals surface area contributed by atoms with Gasteiger partial charge in [-0.3, -0.25) is 19.4 Å². The second-order valence-corrected chi connectivity index (χ2v) is 7.87. The van der Waals surface area contributed by atoms with Crippen LogP contribution in [0.15, 0.2) is 71.5 Å². The maximum absolute atomic E-state index is 12.3. The minimum absolute atomic E-state index is 0.208. The molecule has 4 rings (SSSR count). The van der Waals surface area contributed by atoms with Crippen LogP contribution in [0, 0.1) is 0 Å². The molecule has 0 aliphatic carbocycles. The van der Waals surface area contributed by atoms with Gasteiger partial charge in [0.2, 0.25) is 0 Å². The number of nitrogens with zero attached hydrogens (tertiary/aromatic N) is 4. The van der Waals surface area contributed by atoms with Gasteiger partial charge in [-0.1, -0.05) is 42.5 Å². The molecule has 1 amide bonds.